The first-order chi connectivity index (χ1) is 14.9. The van der Waals surface area contributed by atoms with Gasteiger partial charge in [0, 0.05) is 11.8 Å². The molecule has 31 heavy (non-hydrogen) atoms. The van der Waals surface area contributed by atoms with Crippen molar-refractivity contribution in [1.29, 1.82) is 0 Å². The van der Waals surface area contributed by atoms with E-state index in [0.717, 1.165) is 5.56 Å². The van der Waals surface area contributed by atoms with Gasteiger partial charge in [-0.15, -0.1) is 0 Å². The van der Waals surface area contributed by atoms with Crippen LogP contribution in [0.2, 0.25) is 5.02 Å². The van der Waals surface area contributed by atoms with Crippen LogP contribution in [0, 0.1) is 6.92 Å². The average molecular weight is 435 g/mol. The first-order valence-corrected chi connectivity index (χ1v) is 9.92. The highest BCUT2D eigenvalue weighted by atomic mass is 35.5. The smallest absolute Gasteiger partial charge is 0.301 e. The van der Waals surface area contributed by atoms with Gasteiger partial charge in [0.05, 0.1) is 23.7 Å². The Labute approximate surface area is 184 Å². The molecule has 1 aliphatic rings. The standard InChI is InChI=1S/C24H19ClN2O4/c1-14-6-8-15(9-7-14)21-20(22(28)16-10-11-18(31-2)17(25)13-16)23(29)24(30)27(21)19-5-3-4-12-26-19/h3-13,21,28H,1-2H3/t21-/m0/s1. The molecule has 6 nitrogen and oxygen atoms in total. The molecular weight excluding hydrogens is 416 g/mol. The van der Waals surface area contributed by atoms with Gasteiger partial charge in [-0.05, 0) is 42.8 Å². The number of amides is 1. The fourth-order valence-corrected chi connectivity index (χ4v) is 3.86. The topological polar surface area (TPSA) is 79.7 Å². The van der Waals surface area contributed by atoms with E-state index in [4.69, 9.17) is 16.3 Å². The number of hydrogen-bond donors (Lipinski definition) is 1. The highest BCUT2D eigenvalue weighted by Gasteiger charge is 2.47. The maximum absolute atomic E-state index is 13.1. The number of rotatable bonds is 4. The number of hydrogen-bond acceptors (Lipinski definition) is 5. The number of halogens is 1. The molecule has 1 saturated heterocycles. The van der Waals surface area contributed by atoms with Crippen LogP contribution in [0.25, 0.3) is 5.76 Å². The van der Waals surface area contributed by atoms with Gasteiger partial charge in [-0.1, -0.05) is 47.5 Å². The summed E-state index contributed by atoms with van der Waals surface area (Å²) in [4.78, 5) is 31.6. The number of aromatic nitrogens is 1. The van der Waals surface area contributed by atoms with Gasteiger partial charge in [0.1, 0.15) is 17.3 Å². The number of pyridine rings is 1. The van der Waals surface area contributed by atoms with Crippen molar-refractivity contribution in [2.24, 2.45) is 0 Å². The minimum Gasteiger partial charge on any atom is -0.507 e. The number of benzene rings is 2. The van der Waals surface area contributed by atoms with Crippen LogP contribution < -0.4 is 9.64 Å². The lowest BCUT2D eigenvalue weighted by Crippen LogP contribution is -2.30. The molecule has 1 aromatic heterocycles. The van der Waals surface area contributed by atoms with E-state index in [-0.39, 0.29) is 16.4 Å². The Bertz CT molecular complexity index is 1190. The summed E-state index contributed by atoms with van der Waals surface area (Å²) in [5.41, 5.74) is 1.99. The molecule has 0 aliphatic carbocycles. The predicted molar refractivity (Wildman–Crippen MR) is 118 cm³/mol. The lowest BCUT2D eigenvalue weighted by Gasteiger charge is -2.24. The molecule has 2 heterocycles. The Morgan fingerprint density at radius 1 is 1.10 bits per heavy atom. The second-order valence-electron chi connectivity index (χ2n) is 7.12. The number of nitrogens with zero attached hydrogens (tertiary/aromatic N) is 2. The molecule has 2 aromatic carbocycles. The third-order valence-electron chi connectivity index (χ3n) is 5.16. The number of aliphatic hydroxyl groups is 1. The molecule has 0 unspecified atom stereocenters. The molecular formula is C24H19ClN2O4. The molecule has 0 saturated carbocycles. The first kappa shape index (κ1) is 20.6. The summed E-state index contributed by atoms with van der Waals surface area (Å²) in [6.45, 7) is 1.94. The van der Waals surface area contributed by atoms with Crippen LogP contribution >= 0.6 is 11.6 Å². The van der Waals surface area contributed by atoms with Gasteiger partial charge in [0.2, 0.25) is 0 Å². The van der Waals surface area contributed by atoms with E-state index in [9.17, 15) is 14.7 Å². The van der Waals surface area contributed by atoms with Crippen molar-refractivity contribution in [3.05, 3.63) is 94.1 Å². The van der Waals surface area contributed by atoms with Gasteiger partial charge in [-0.2, -0.15) is 0 Å². The fourth-order valence-electron chi connectivity index (χ4n) is 3.60. The fraction of sp³-hybridized carbons (Fsp3) is 0.125. The molecule has 1 N–H and O–H groups in total. The van der Waals surface area contributed by atoms with Gasteiger partial charge in [-0.25, -0.2) is 4.98 Å². The van der Waals surface area contributed by atoms with Crippen molar-refractivity contribution in [1.82, 2.24) is 4.98 Å². The number of aliphatic hydroxyl groups excluding tert-OH is 1. The molecule has 4 rings (SSSR count). The van der Waals surface area contributed by atoms with Crippen LogP contribution in [0.15, 0.2) is 72.4 Å². The van der Waals surface area contributed by atoms with E-state index in [0.29, 0.717) is 22.7 Å². The predicted octanol–water partition coefficient (Wildman–Crippen LogP) is 4.68. The van der Waals surface area contributed by atoms with Crippen LogP contribution in [0.1, 0.15) is 22.7 Å². The van der Waals surface area contributed by atoms with Gasteiger partial charge >= 0.3 is 5.91 Å². The molecule has 0 spiro atoms. The maximum atomic E-state index is 13.1. The highest BCUT2D eigenvalue weighted by Crippen LogP contribution is 2.42. The number of carbonyl (C=O) groups excluding carboxylic acids is 2. The Kier molecular flexibility index (Phi) is 5.48. The number of aryl methyl sites for hydroxylation is 1. The third kappa shape index (κ3) is 3.66. The summed E-state index contributed by atoms with van der Waals surface area (Å²) in [7, 11) is 1.48. The first-order valence-electron chi connectivity index (χ1n) is 9.55. The minimum atomic E-state index is -0.837. The van der Waals surface area contributed by atoms with Gasteiger partial charge in [-0.3, -0.25) is 14.5 Å². The van der Waals surface area contributed by atoms with Gasteiger partial charge in [0.25, 0.3) is 5.78 Å². The number of Topliss-reactive ketones (excluding diaryl/α,β-unsaturated/α-hetero) is 1. The van der Waals surface area contributed by atoms with E-state index >= 15 is 0 Å². The summed E-state index contributed by atoms with van der Waals surface area (Å²) >= 11 is 6.21. The van der Waals surface area contributed by atoms with Gasteiger partial charge < -0.3 is 9.84 Å². The largest absolute Gasteiger partial charge is 0.507 e. The summed E-state index contributed by atoms with van der Waals surface area (Å²) in [5.74, 6) is -1.11. The van der Waals surface area contributed by atoms with Crippen molar-refractivity contribution in [3.63, 3.8) is 0 Å². The zero-order valence-electron chi connectivity index (χ0n) is 16.9. The zero-order chi connectivity index (χ0) is 22.1. The molecule has 1 atom stereocenters. The molecule has 0 radical (unpaired) electrons. The van der Waals surface area contributed by atoms with Crippen molar-refractivity contribution < 1.29 is 19.4 Å². The molecule has 0 bridgehead atoms. The van der Waals surface area contributed by atoms with E-state index < -0.39 is 17.7 Å². The van der Waals surface area contributed by atoms with Crippen LogP contribution in [-0.2, 0) is 9.59 Å². The molecule has 1 aliphatic heterocycles. The van der Waals surface area contributed by atoms with Crippen LogP contribution in [0.5, 0.6) is 5.75 Å². The average Bonchev–Trinajstić information content (AvgIpc) is 3.05. The van der Waals surface area contributed by atoms with E-state index in [2.05, 4.69) is 4.98 Å². The molecule has 3 aromatic rings. The van der Waals surface area contributed by atoms with Crippen LogP contribution in [0.3, 0.4) is 0 Å². The maximum Gasteiger partial charge on any atom is 0.301 e. The summed E-state index contributed by atoms with van der Waals surface area (Å²) in [6, 6.07) is 16.4. The van der Waals surface area contributed by atoms with Crippen LogP contribution in [0.4, 0.5) is 5.82 Å². The van der Waals surface area contributed by atoms with Crippen molar-refractivity contribution >= 4 is 34.9 Å². The Morgan fingerprint density at radius 3 is 2.45 bits per heavy atom. The lowest BCUT2D eigenvalue weighted by atomic mass is 9.94. The Balaban J connectivity index is 1.93. The monoisotopic (exact) mass is 434 g/mol. The Morgan fingerprint density at radius 2 is 1.84 bits per heavy atom. The molecule has 7 heteroatoms. The molecule has 1 amide bonds. The number of methoxy groups -OCH3 is 1. The normalized spacial score (nSPS) is 17.8. The number of ketones is 1. The Hall–Kier alpha value is -3.64. The molecule has 1 fully saturated rings. The minimum absolute atomic E-state index is 0.0271. The zero-order valence-corrected chi connectivity index (χ0v) is 17.6. The quantitative estimate of drug-likeness (QED) is 0.366. The SMILES string of the molecule is COc1ccc(C(O)=C2C(=O)C(=O)N(c3ccccn3)[C@H]2c2ccc(C)cc2)cc1Cl. The van der Waals surface area contributed by atoms with Gasteiger partial charge in [0.15, 0.2) is 0 Å². The van der Waals surface area contributed by atoms with Crippen LogP contribution in [-0.4, -0.2) is 28.9 Å². The summed E-state index contributed by atoms with van der Waals surface area (Å²) < 4.78 is 5.15. The van der Waals surface area contributed by atoms with E-state index in [1.54, 1.807) is 36.5 Å². The van der Waals surface area contributed by atoms with E-state index in [1.807, 2.05) is 31.2 Å². The van der Waals surface area contributed by atoms with E-state index in [1.165, 1.54) is 18.1 Å². The number of ether oxygens (including phenoxy) is 1. The second-order valence-corrected chi connectivity index (χ2v) is 7.52. The van der Waals surface area contributed by atoms with Crippen molar-refractivity contribution in [2.45, 2.75) is 13.0 Å². The summed E-state index contributed by atoms with van der Waals surface area (Å²) in [6.07, 6.45) is 1.55. The summed E-state index contributed by atoms with van der Waals surface area (Å²) in [5, 5.41) is 11.4. The third-order valence-corrected chi connectivity index (χ3v) is 5.45. The molecule has 156 valence electrons. The second kappa shape index (κ2) is 8.24. The lowest BCUT2D eigenvalue weighted by molar-refractivity contribution is -0.132. The number of carbonyl (C=O) groups is 2. The van der Waals surface area contributed by atoms with Crippen molar-refractivity contribution in [2.75, 3.05) is 12.0 Å². The highest BCUT2D eigenvalue weighted by molar-refractivity contribution is 6.51. The number of anilines is 1. The van der Waals surface area contributed by atoms with Crippen molar-refractivity contribution in [3.8, 4) is 5.75 Å².